The van der Waals surface area contributed by atoms with Crippen LogP contribution in [0.15, 0.2) is 30.3 Å². The Hall–Kier alpha value is -2.43. The number of piperidine rings is 1. The SMILES string of the molecule is Cc1cc(C(=O)N2CCC3(CC2)CC3C(=O)O)c2ccccc2n1. The molecule has 0 bridgehead atoms. The van der Waals surface area contributed by atoms with Gasteiger partial charge in [-0.05, 0) is 43.7 Å². The Balaban J connectivity index is 1.57. The van der Waals surface area contributed by atoms with Gasteiger partial charge in [-0.25, -0.2) is 0 Å². The first-order valence-electron chi connectivity index (χ1n) is 8.39. The molecule has 1 aromatic heterocycles. The van der Waals surface area contributed by atoms with Crippen molar-refractivity contribution in [3.63, 3.8) is 0 Å². The molecule has 1 aliphatic heterocycles. The topological polar surface area (TPSA) is 70.5 Å². The van der Waals surface area contributed by atoms with Crippen LogP contribution in [0.5, 0.6) is 0 Å². The summed E-state index contributed by atoms with van der Waals surface area (Å²) in [5.74, 6) is -0.872. The first-order valence-corrected chi connectivity index (χ1v) is 8.39. The van der Waals surface area contributed by atoms with Crippen molar-refractivity contribution in [1.29, 1.82) is 0 Å². The number of para-hydroxylation sites is 1. The van der Waals surface area contributed by atoms with E-state index in [0.717, 1.165) is 35.9 Å². The maximum absolute atomic E-state index is 13.0. The van der Waals surface area contributed by atoms with Crippen LogP contribution in [0, 0.1) is 18.3 Å². The van der Waals surface area contributed by atoms with Crippen LogP contribution in [-0.2, 0) is 4.79 Å². The van der Waals surface area contributed by atoms with Crippen molar-refractivity contribution in [3.8, 4) is 0 Å². The second-order valence-corrected chi connectivity index (χ2v) is 7.08. The number of carboxylic acid groups (broad SMARTS) is 1. The van der Waals surface area contributed by atoms with Gasteiger partial charge in [-0.3, -0.25) is 14.6 Å². The molecule has 1 aliphatic carbocycles. The zero-order valence-corrected chi connectivity index (χ0v) is 13.7. The molecule has 4 rings (SSSR count). The molecule has 5 heteroatoms. The number of nitrogens with zero attached hydrogens (tertiary/aromatic N) is 2. The van der Waals surface area contributed by atoms with E-state index in [0.29, 0.717) is 18.7 Å². The molecule has 2 aliphatic rings. The molecule has 1 aromatic carbocycles. The molecule has 1 atom stereocenters. The van der Waals surface area contributed by atoms with Gasteiger partial charge >= 0.3 is 5.97 Å². The van der Waals surface area contributed by atoms with Crippen molar-refractivity contribution >= 4 is 22.8 Å². The van der Waals surface area contributed by atoms with Gasteiger partial charge in [0.1, 0.15) is 0 Å². The summed E-state index contributed by atoms with van der Waals surface area (Å²) in [4.78, 5) is 30.5. The number of likely N-dealkylation sites (tertiary alicyclic amines) is 1. The largest absolute Gasteiger partial charge is 0.481 e. The Morgan fingerprint density at radius 3 is 2.62 bits per heavy atom. The molecule has 2 fully saturated rings. The van der Waals surface area contributed by atoms with Gasteiger partial charge < -0.3 is 10.0 Å². The Morgan fingerprint density at radius 2 is 1.96 bits per heavy atom. The summed E-state index contributed by atoms with van der Waals surface area (Å²) < 4.78 is 0. The van der Waals surface area contributed by atoms with Crippen LogP contribution in [0.25, 0.3) is 10.9 Å². The van der Waals surface area contributed by atoms with Crippen molar-refractivity contribution in [1.82, 2.24) is 9.88 Å². The monoisotopic (exact) mass is 324 g/mol. The summed E-state index contributed by atoms with van der Waals surface area (Å²) >= 11 is 0. The molecule has 1 spiro atoms. The van der Waals surface area contributed by atoms with E-state index in [4.69, 9.17) is 0 Å². The van der Waals surface area contributed by atoms with Gasteiger partial charge in [-0.1, -0.05) is 18.2 Å². The molecule has 24 heavy (non-hydrogen) atoms. The highest BCUT2D eigenvalue weighted by molar-refractivity contribution is 6.06. The van der Waals surface area contributed by atoms with Crippen LogP contribution in [-0.4, -0.2) is 40.0 Å². The third-order valence-corrected chi connectivity index (χ3v) is 5.61. The van der Waals surface area contributed by atoms with Crippen molar-refractivity contribution in [3.05, 3.63) is 41.6 Å². The second-order valence-electron chi connectivity index (χ2n) is 7.08. The minimum atomic E-state index is -0.689. The first-order chi connectivity index (χ1) is 11.5. The summed E-state index contributed by atoms with van der Waals surface area (Å²) in [5.41, 5.74) is 2.31. The minimum Gasteiger partial charge on any atom is -0.481 e. The van der Waals surface area contributed by atoms with Crippen molar-refractivity contribution in [2.75, 3.05) is 13.1 Å². The molecule has 1 N–H and O–H groups in total. The molecule has 1 amide bonds. The fraction of sp³-hybridized carbons (Fsp3) is 0.421. The molecular formula is C19H20N2O3. The third kappa shape index (κ3) is 2.35. The van der Waals surface area contributed by atoms with Gasteiger partial charge in [-0.2, -0.15) is 0 Å². The van der Waals surface area contributed by atoms with E-state index in [1.165, 1.54) is 0 Å². The number of pyridine rings is 1. The van der Waals surface area contributed by atoms with E-state index in [1.54, 1.807) is 0 Å². The fourth-order valence-corrected chi connectivity index (χ4v) is 4.06. The second kappa shape index (κ2) is 5.30. The third-order valence-electron chi connectivity index (χ3n) is 5.61. The van der Waals surface area contributed by atoms with Crippen LogP contribution in [0.3, 0.4) is 0 Å². The number of aromatic nitrogens is 1. The van der Waals surface area contributed by atoms with Gasteiger partial charge in [0.15, 0.2) is 0 Å². The highest BCUT2D eigenvalue weighted by Crippen LogP contribution is 2.59. The van der Waals surface area contributed by atoms with Crippen molar-refractivity contribution in [2.45, 2.75) is 26.2 Å². The number of carboxylic acids is 1. The molecule has 2 heterocycles. The molecule has 1 unspecified atom stereocenters. The van der Waals surface area contributed by atoms with Gasteiger partial charge in [-0.15, -0.1) is 0 Å². The molecule has 1 saturated heterocycles. The number of rotatable bonds is 2. The number of aliphatic carboxylic acids is 1. The maximum atomic E-state index is 13.0. The predicted molar refractivity (Wildman–Crippen MR) is 89.8 cm³/mol. The number of benzene rings is 1. The van der Waals surface area contributed by atoms with Gasteiger partial charge in [0.25, 0.3) is 5.91 Å². The highest BCUT2D eigenvalue weighted by Gasteiger charge is 2.59. The Kier molecular flexibility index (Phi) is 3.34. The number of hydrogen-bond acceptors (Lipinski definition) is 3. The zero-order chi connectivity index (χ0) is 16.9. The normalized spacial score (nSPS) is 21.9. The Labute approximate surface area is 140 Å². The van der Waals surface area contributed by atoms with Crippen LogP contribution < -0.4 is 0 Å². The quantitative estimate of drug-likeness (QED) is 0.922. The zero-order valence-electron chi connectivity index (χ0n) is 13.7. The van der Waals surface area contributed by atoms with E-state index >= 15 is 0 Å². The lowest BCUT2D eigenvalue weighted by molar-refractivity contribution is -0.139. The number of aryl methyl sites for hydroxylation is 1. The Morgan fingerprint density at radius 1 is 1.25 bits per heavy atom. The summed E-state index contributed by atoms with van der Waals surface area (Å²) in [6.45, 7) is 3.17. The van der Waals surface area contributed by atoms with Crippen LogP contribution in [0.2, 0.25) is 0 Å². The highest BCUT2D eigenvalue weighted by atomic mass is 16.4. The molecule has 2 aromatic rings. The average molecular weight is 324 g/mol. The van der Waals surface area contributed by atoms with E-state index in [-0.39, 0.29) is 17.2 Å². The maximum Gasteiger partial charge on any atom is 0.307 e. The van der Waals surface area contributed by atoms with Crippen LogP contribution in [0.4, 0.5) is 0 Å². The smallest absolute Gasteiger partial charge is 0.307 e. The lowest BCUT2D eigenvalue weighted by Gasteiger charge is -2.33. The lowest BCUT2D eigenvalue weighted by Crippen LogP contribution is -2.40. The van der Waals surface area contributed by atoms with E-state index < -0.39 is 5.97 Å². The molecule has 124 valence electrons. The number of carbonyl (C=O) groups excluding carboxylic acids is 1. The standard InChI is InChI=1S/C19H20N2O3/c1-12-10-14(13-4-2-3-5-16(13)20-12)17(22)21-8-6-19(7-9-21)11-15(19)18(23)24/h2-5,10,15H,6-9,11H2,1H3,(H,23,24). The summed E-state index contributed by atoms with van der Waals surface area (Å²) in [5, 5.41) is 10.1. The van der Waals surface area contributed by atoms with Gasteiger partial charge in [0.2, 0.25) is 0 Å². The number of fused-ring (bicyclic) bond motifs is 1. The van der Waals surface area contributed by atoms with Gasteiger partial charge in [0, 0.05) is 24.2 Å². The number of amides is 1. The predicted octanol–water partition coefficient (Wildman–Crippen LogP) is 2.87. The number of carbonyl (C=O) groups is 2. The minimum absolute atomic E-state index is 0.0269. The fourth-order valence-electron chi connectivity index (χ4n) is 4.06. The molecular weight excluding hydrogens is 304 g/mol. The van der Waals surface area contributed by atoms with E-state index in [9.17, 15) is 14.7 Å². The van der Waals surface area contributed by atoms with Gasteiger partial charge in [0.05, 0.1) is 17.0 Å². The summed E-state index contributed by atoms with van der Waals surface area (Å²) in [7, 11) is 0. The first kappa shape index (κ1) is 15.1. The van der Waals surface area contributed by atoms with E-state index in [2.05, 4.69) is 4.98 Å². The van der Waals surface area contributed by atoms with Crippen molar-refractivity contribution < 1.29 is 14.7 Å². The molecule has 1 saturated carbocycles. The van der Waals surface area contributed by atoms with Crippen LogP contribution >= 0.6 is 0 Å². The summed E-state index contributed by atoms with van der Waals surface area (Å²) in [6.07, 6.45) is 2.34. The molecule has 0 radical (unpaired) electrons. The number of hydrogen-bond donors (Lipinski definition) is 1. The Bertz CT molecular complexity index is 838. The summed E-state index contributed by atoms with van der Waals surface area (Å²) in [6, 6.07) is 9.55. The average Bonchev–Trinajstić information content (AvgIpc) is 3.28. The molecule has 5 nitrogen and oxygen atoms in total. The van der Waals surface area contributed by atoms with E-state index in [1.807, 2.05) is 42.2 Å². The van der Waals surface area contributed by atoms with Crippen LogP contribution in [0.1, 0.15) is 35.3 Å². The lowest BCUT2D eigenvalue weighted by atomic mass is 9.90. The van der Waals surface area contributed by atoms with Crippen molar-refractivity contribution in [2.24, 2.45) is 11.3 Å².